The second-order valence-corrected chi connectivity index (χ2v) is 5.45. The zero-order valence-corrected chi connectivity index (χ0v) is 12.4. The lowest BCUT2D eigenvalue weighted by atomic mass is 9.94. The van der Waals surface area contributed by atoms with Crippen molar-refractivity contribution >= 4 is 17.9 Å². The second-order valence-electron chi connectivity index (χ2n) is 5.45. The van der Waals surface area contributed by atoms with Crippen molar-refractivity contribution in [1.82, 2.24) is 0 Å². The summed E-state index contributed by atoms with van der Waals surface area (Å²) in [6.45, 7) is -0.0278. The van der Waals surface area contributed by atoms with Crippen LogP contribution in [-0.4, -0.2) is 46.9 Å². The number of carbonyl (C=O) groups is 3. The summed E-state index contributed by atoms with van der Waals surface area (Å²) in [5.74, 6) is -2.95. The van der Waals surface area contributed by atoms with Crippen LogP contribution >= 0.6 is 0 Å². The Hall–Kier alpha value is -2.41. The van der Waals surface area contributed by atoms with Gasteiger partial charge in [0.1, 0.15) is 6.61 Å². The summed E-state index contributed by atoms with van der Waals surface area (Å²) in [6, 6.07) is 8.46. The summed E-state index contributed by atoms with van der Waals surface area (Å²) in [4.78, 5) is 33.5. The SMILES string of the molecule is O=C(O)CC1O[C@H](COC(=O)c2ccccc2)C[C@@H]1CC(=O)O. The predicted octanol–water partition coefficient (Wildman–Crippen LogP) is 1.57. The fourth-order valence-corrected chi connectivity index (χ4v) is 2.66. The van der Waals surface area contributed by atoms with Gasteiger partial charge in [-0.3, -0.25) is 9.59 Å². The van der Waals surface area contributed by atoms with Gasteiger partial charge in [0.2, 0.25) is 0 Å². The molecule has 1 saturated heterocycles. The Balaban J connectivity index is 1.89. The van der Waals surface area contributed by atoms with Gasteiger partial charge in [0.15, 0.2) is 0 Å². The molecule has 0 saturated carbocycles. The fourth-order valence-electron chi connectivity index (χ4n) is 2.66. The molecule has 2 rings (SSSR count). The molecule has 0 aliphatic carbocycles. The van der Waals surface area contributed by atoms with Gasteiger partial charge in [0, 0.05) is 0 Å². The predicted molar refractivity (Wildman–Crippen MR) is 78.0 cm³/mol. The minimum atomic E-state index is -1.05. The Labute approximate surface area is 132 Å². The van der Waals surface area contributed by atoms with E-state index >= 15 is 0 Å². The molecule has 0 bridgehead atoms. The number of esters is 1. The van der Waals surface area contributed by atoms with Crippen molar-refractivity contribution in [2.24, 2.45) is 5.92 Å². The van der Waals surface area contributed by atoms with Gasteiger partial charge in [0.25, 0.3) is 0 Å². The van der Waals surface area contributed by atoms with Crippen LogP contribution in [-0.2, 0) is 19.1 Å². The first-order valence-corrected chi connectivity index (χ1v) is 7.27. The van der Waals surface area contributed by atoms with Crippen LogP contribution in [0.5, 0.6) is 0 Å². The monoisotopic (exact) mass is 322 g/mol. The number of hydrogen-bond donors (Lipinski definition) is 2. The van der Waals surface area contributed by atoms with E-state index < -0.39 is 36.0 Å². The summed E-state index contributed by atoms with van der Waals surface area (Å²) in [6.07, 6.45) is -1.24. The van der Waals surface area contributed by atoms with Gasteiger partial charge < -0.3 is 19.7 Å². The van der Waals surface area contributed by atoms with Crippen molar-refractivity contribution in [2.75, 3.05) is 6.61 Å². The van der Waals surface area contributed by atoms with Gasteiger partial charge in [-0.1, -0.05) is 18.2 Å². The molecule has 23 heavy (non-hydrogen) atoms. The molecule has 3 atom stereocenters. The third kappa shape index (κ3) is 5.07. The number of benzene rings is 1. The van der Waals surface area contributed by atoms with Crippen LogP contribution in [0.15, 0.2) is 30.3 Å². The van der Waals surface area contributed by atoms with Gasteiger partial charge >= 0.3 is 17.9 Å². The Bertz CT molecular complexity index is 545. The van der Waals surface area contributed by atoms with Crippen molar-refractivity contribution in [2.45, 2.75) is 31.5 Å². The molecule has 1 heterocycles. The van der Waals surface area contributed by atoms with Crippen molar-refractivity contribution in [3.05, 3.63) is 35.9 Å². The van der Waals surface area contributed by atoms with Crippen molar-refractivity contribution in [3.63, 3.8) is 0 Å². The van der Waals surface area contributed by atoms with Crippen LogP contribution in [0.4, 0.5) is 0 Å². The Morgan fingerprint density at radius 3 is 2.35 bits per heavy atom. The van der Waals surface area contributed by atoms with E-state index in [2.05, 4.69) is 0 Å². The Morgan fingerprint density at radius 1 is 1.09 bits per heavy atom. The molecule has 1 aliphatic rings. The summed E-state index contributed by atoms with van der Waals surface area (Å²) in [5, 5.41) is 17.8. The highest BCUT2D eigenvalue weighted by molar-refractivity contribution is 5.89. The topological polar surface area (TPSA) is 110 Å². The maximum Gasteiger partial charge on any atom is 0.338 e. The fraction of sp³-hybridized carbons (Fsp3) is 0.438. The zero-order valence-electron chi connectivity index (χ0n) is 12.4. The lowest BCUT2D eigenvalue weighted by Gasteiger charge is -2.14. The van der Waals surface area contributed by atoms with E-state index in [1.54, 1.807) is 30.3 Å². The first-order chi connectivity index (χ1) is 11.0. The van der Waals surface area contributed by atoms with Crippen LogP contribution in [0.3, 0.4) is 0 Å². The normalized spacial score (nSPS) is 23.4. The van der Waals surface area contributed by atoms with E-state index in [0.29, 0.717) is 12.0 Å². The van der Waals surface area contributed by atoms with Gasteiger partial charge in [-0.15, -0.1) is 0 Å². The molecule has 1 aliphatic heterocycles. The summed E-state index contributed by atoms with van der Waals surface area (Å²) in [7, 11) is 0. The highest BCUT2D eigenvalue weighted by Crippen LogP contribution is 2.31. The van der Waals surface area contributed by atoms with Gasteiger partial charge in [0.05, 0.1) is 30.6 Å². The molecule has 7 nitrogen and oxygen atoms in total. The quantitative estimate of drug-likeness (QED) is 0.733. The second kappa shape index (κ2) is 7.73. The van der Waals surface area contributed by atoms with Crippen LogP contribution in [0, 0.1) is 5.92 Å². The summed E-state index contributed by atoms with van der Waals surface area (Å²) in [5.41, 5.74) is 0.412. The maximum absolute atomic E-state index is 11.9. The van der Waals surface area contributed by atoms with Crippen LogP contribution < -0.4 is 0 Å². The molecule has 7 heteroatoms. The summed E-state index contributed by atoms with van der Waals surface area (Å²) >= 11 is 0. The smallest absolute Gasteiger partial charge is 0.338 e. The van der Waals surface area contributed by atoms with E-state index in [1.165, 1.54) is 0 Å². The maximum atomic E-state index is 11.9. The molecular formula is C16H18O7. The highest BCUT2D eigenvalue weighted by Gasteiger charge is 2.38. The van der Waals surface area contributed by atoms with Crippen molar-refractivity contribution < 1.29 is 34.1 Å². The number of hydrogen-bond acceptors (Lipinski definition) is 5. The van der Waals surface area contributed by atoms with E-state index in [1.807, 2.05) is 0 Å². The number of carboxylic acid groups (broad SMARTS) is 2. The molecule has 1 aromatic carbocycles. The first kappa shape index (κ1) is 17.0. The van der Waals surface area contributed by atoms with E-state index in [9.17, 15) is 14.4 Å². The third-order valence-electron chi connectivity index (χ3n) is 3.68. The third-order valence-corrected chi connectivity index (χ3v) is 3.68. The Morgan fingerprint density at radius 2 is 1.74 bits per heavy atom. The molecule has 0 spiro atoms. The Kier molecular flexibility index (Phi) is 5.70. The van der Waals surface area contributed by atoms with Crippen molar-refractivity contribution in [1.29, 1.82) is 0 Å². The molecule has 2 N–H and O–H groups in total. The standard InChI is InChI=1S/C16H18O7/c17-14(18)7-11-6-12(23-13(11)8-15(19)20)9-22-16(21)10-4-2-1-3-5-10/h1-5,11-13H,6-9H2,(H,17,18)(H,19,20)/t11-,12+,13?/m1/s1. The average molecular weight is 322 g/mol. The lowest BCUT2D eigenvalue weighted by Crippen LogP contribution is -2.23. The number of ether oxygens (including phenoxy) is 2. The van der Waals surface area contributed by atoms with Crippen LogP contribution in [0.1, 0.15) is 29.6 Å². The minimum Gasteiger partial charge on any atom is -0.481 e. The molecular weight excluding hydrogens is 304 g/mol. The summed E-state index contributed by atoms with van der Waals surface area (Å²) < 4.78 is 10.7. The molecule has 0 aromatic heterocycles. The number of carboxylic acids is 2. The van der Waals surface area contributed by atoms with Gasteiger partial charge in [-0.05, 0) is 24.5 Å². The van der Waals surface area contributed by atoms with Gasteiger partial charge in [-0.2, -0.15) is 0 Å². The molecule has 1 aromatic rings. The average Bonchev–Trinajstić information content (AvgIpc) is 2.86. The lowest BCUT2D eigenvalue weighted by molar-refractivity contribution is -0.143. The highest BCUT2D eigenvalue weighted by atomic mass is 16.6. The molecule has 0 radical (unpaired) electrons. The van der Waals surface area contributed by atoms with Crippen LogP contribution in [0.25, 0.3) is 0 Å². The molecule has 0 amide bonds. The van der Waals surface area contributed by atoms with Crippen LogP contribution in [0.2, 0.25) is 0 Å². The van der Waals surface area contributed by atoms with Crippen molar-refractivity contribution in [3.8, 4) is 0 Å². The van der Waals surface area contributed by atoms with E-state index in [0.717, 1.165) is 0 Å². The number of aliphatic carboxylic acids is 2. The molecule has 1 fully saturated rings. The van der Waals surface area contributed by atoms with E-state index in [4.69, 9.17) is 19.7 Å². The van der Waals surface area contributed by atoms with E-state index in [-0.39, 0.29) is 19.4 Å². The molecule has 124 valence electrons. The largest absolute Gasteiger partial charge is 0.481 e. The first-order valence-electron chi connectivity index (χ1n) is 7.27. The zero-order chi connectivity index (χ0) is 16.8. The number of carbonyl (C=O) groups excluding carboxylic acids is 1. The van der Waals surface area contributed by atoms with Gasteiger partial charge in [-0.25, -0.2) is 4.79 Å². The minimum absolute atomic E-state index is 0.0278. The number of rotatable bonds is 7. The molecule has 1 unspecified atom stereocenters.